The minimum atomic E-state index is -0.963. The third kappa shape index (κ3) is 2.79. The standard InChI is InChI=1S/C13H10F2N2O2/c14-7-1-3-9(10(15)5-7)13(19)17-12-4-2-8(18)6-11(12)16/h1-6,18H,16H2,(H,17,19). The van der Waals surface area contributed by atoms with E-state index in [1.807, 2.05) is 0 Å². The van der Waals surface area contributed by atoms with Crippen molar-refractivity contribution in [3.05, 3.63) is 53.6 Å². The van der Waals surface area contributed by atoms with Crippen molar-refractivity contribution in [1.29, 1.82) is 0 Å². The molecule has 0 aliphatic carbocycles. The molecule has 0 unspecified atom stereocenters. The normalized spacial score (nSPS) is 10.2. The van der Waals surface area contributed by atoms with E-state index in [0.29, 0.717) is 6.07 Å². The summed E-state index contributed by atoms with van der Waals surface area (Å²) in [7, 11) is 0. The van der Waals surface area contributed by atoms with Crippen molar-refractivity contribution in [3.63, 3.8) is 0 Å². The van der Waals surface area contributed by atoms with Gasteiger partial charge in [0, 0.05) is 12.1 Å². The number of phenols is 1. The summed E-state index contributed by atoms with van der Waals surface area (Å²) in [6.45, 7) is 0. The first kappa shape index (κ1) is 12.8. The van der Waals surface area contributed by atoms with Crippen LogP contribution in [-0.4, -0.2) is 11.0 Å². The average molecular weight is 264 g/mol. The van der Waals surface area contributed by atoms with Gasteiger partial charge in [0.05, 0.1) is 16.9 Å². The van der Waals surface area contributed by atoms with Crippen molar-refractivity contribution in [2.75, 3.05) is 11.1 Å². The molecule has 0 saturated heterocycles. The molecule has 0 saturated carbocycles. The van der Waals surface area contributed by atoms with E-state index in [2.05, 4.69) is 5.32 Å². The maximum absolute atomic E-state index is 13.4. The molecule has 1 amide bonds. The van der Waals surface area contributed by atoms with Crippen molar-refractivity contribution in [2.24, 2.45) is 0 Å². The number of rotatable bonds is 2. The van der Waals surface area contributed by atoms with Crippen molar-refractivity contribution in [1.82, 2.24) is 0 Å². The second-order valence-corrected chi connectivity index (χ2v) is 3.85. The SMILES string of the molecule is Nc1cc(O)ccc1NC(=O)c1ccc(F)cc1F. The van der Waals surface area contributed by atoms with Gasteiger partial charge in [-0.05, 0) is 24.3 Å². The fraction of sp³-hybridized carbons (Fsp3) is 0. The van der Waals surface area contributed by atoms with Gasteiger partial charge in [-0.15, -0.1) is 0 Å². The zero-order valence-corrected chi connectivity index (χ0v) is 9.65. The van der Waals surface area contributed by atoms with Crippen LogP contribution in [-0.2, 0) is 0 Å². The van der Waals surface area contributed by atoms with Crippen LogP contribution in [0.4, 0.5) is 20.2 Å². The largest absolute Gasteiger partial charge is 0.508 e. The average Bonchev–Trinajstić information content (AvgIpc) is 2.32. The number of nitrogens with one attached hydrogen (secondary N) is 1. The second kappa shape index (κ2) is 4.93. The van der Waals surface area contributed by atoms with Crippen molar-refractivity contribution in [3.8, 4) is 5.75 Å². The maximum atomic E-state index is 13.4. The zero-order valence-electron chi connectivity index (χ0n) is 9.65. The number of amides is 1. The summed E-state index contributed by atoms with van der Waals surface area (Å²) < 4.78 is 26.1. The van der Waals surface area contributed by atoms with Crippen LogP contribution in [0.5, 0.6) is 5.75 Å². The quantitative estimate of drug-likeness (QED) is 0.576. The molecule has 0 spiro atoms. The highest BCUT2D eigenvalue weighted by Crippen LogP contribution is 2.24. The molecule has 0 fully saturated rings. The van der Waals surface area contributed by atoms with Gasteiger partial charge in [-0.25, -0.2) is 8.78 Å². The van der Waals surface area contributed by atoms with E-state index >= 15 is 0 Å². The van der Waals surface area contributed by atoms with Crippen LogP contribution in [0, 0.1) is 11.6 Å². The summed E-state index contributed by atoms with van der Waals surface area (Å²) in [5.41, 5.74) is 5.65. The van der Waals surface area contributed by atoms with Crippen LogP contribution in [0.15, 0.2) is 36.4 Å². The minimum absolute atomic E-state index is 0.0524. The molecular formula is C13H10F2N2O2. The van der Waals surface area contributed by atoms with E-state index in [4.69, 9.17) is 10.8 Å². The van der Waals surface area contributed by atoms with Crippen molar-refractivity contribution in [2.45, 2.75) is 0 Å². The Morgan fingerprint density at radius 1 is 1.16 bits per heavy atom. The van der Waals surface area contributed by atoms with Crippen LogP contribution in [0.25, 0.3) is 0 Å². The van der Waals surface area contributed by atoms with Crippen LogP contribution >= 0.6 is 0 Å². The lowest BCUT2D eigenvalue weighted by atomic mass is 10.2. The Morgan fingerprint density at radius 3 is 2.53 bits per heavy atom. The summed E-state index contributed by atoms with van der Waals surface area (Å²) in [5, 5.41) is 11.5. The smallest absolute Gasteiger partial charge is 0.258 e. The van der Waals surface area contributed by atoms with Gasteiger partial charge in [-0.2, -0.15) is 0 Å². The van der Waals surface area contributed by atoms with Gasteiger partial charge in [0.1, 0.15) is 17.4 Å². The summed E-state index contributed by atoms with van der Waals surface area (Å²) in [4.78, 5) is 11.8. The Hall–Kier alpha value is -2.63. The number of halogens is 2. The molecule has 0 aromatic heterocycles. The molecule has 2 rings (SSSR count). The molecular weight excluding hydrogens is 254 g/mol. The first-order valence-corrected chi connectivity index (χ1v) is 5.32. The Bertz CT molecular complexity index is 645. The number of benzene rings is 2. The Labute approximate surface area is 107 Å². The van der Waals surface area contributed by atoms with Crippen LogP contribution < -0.4 is 11.1 Å². The summed E-state index contributed by atoms with van der Waals surface area (Å²) >= 11 is 0. The Kier molecular flexibility index (Phi) is 3.33. The van der Waals surface area contributed by atoms with Crippen molar-refractivity contribution >= 4 is 17.3 Å². The van der Waals surface area contributed by atoms with E-state index in [1.54, 1.807) is 0 Å². The predicted molar refractivity (Wildman–Crippen MR) is 66.8 cm³/mol. The van der Waals surface area contributed by atoms with Crippen LogP contribution in [0.1, 0.15) is 10.4 Å². The van der Waals surface area contributed by atoms with Gasteiger partial charge in [0.25, 0.3) is 5.91 Å². The summed E-state index contributed by atoms with van der Waals surface area (Å²) in [5.74, 6) is -2.54. The van der Waals surface area contributed by atoms with E-state index in [0.717, 1.165) is 12.1 Å². The number of carbonyl (C=O) groups is 1. The lowest BCUT2D eigenvalue weighted by molar-refractivity contribution is 0.102. The van der Waals surface area contributed by atoms with Gasteiger partial charge in [-0.3, -0.25) is 4.79 Å². The molecule has 19 heavy (non-hydrogen) atoms. The monoisotopic (exact) mass is 264 g/mol. The first-order chi connectivity index (χ1) is 8.97. The number of hydrogen-bond donors (Lipinski definition) is 3. The Morgan fingerprint density at radius 2 is 1.89 bits per heavy atom. The number of nitrogen functional groups attached to an aromatic ring is 1. The minimum Gasteiger partial charge on any atom is -0.508 e. The Balaban J connectivity index is 2.25. The second-order valence-electron chi connectivity index (χ2n) is 3.85. The highest BCUT2D eigenvalue weighted by molar-refractivity contribution is 6.05. The molecule has 98 valence electrons. The molecule has 0 radical (unpaired) electrons. The summed E-state index contributed by atoms with van der Waals surface area (Å²) in [6.07, 6.45) is 0. The molecule has 0 atom stereocenters. The third-order valence-electron chi connectivity index (χ3n) is 2.46. The van der Waals surface area contributed by atoms with E-state index in [9.17, 15) is 13.6 Å². The zero-order chi connectivity index (χ0) is 14.0. The van der Waals surface area contributed by atoms with Crippen molar-refractivity contribution < 1.29 is 18.7 Å². The number of phenolic OH excluding ortho intramolecular Hbond substituents is 1. The molecule has 0 heterocycles. The van der Waals surface area contributed by atoms with Gasteiger partial charge >= 0.3 is 0 Å². The van der Waals surface area contributed by atoms with E-state index in [1.165, 1.54) is 18.2 Å². The van der Waals surface area contributed by atoms with E-state index < -0.39 is 17.5 Å². The highest BCUT2D eigenvalue weighted by Gasteiger charge is 2.13. The predicted octanol–water partition coefficient (Wildman–Crippen LogP) is 2.50. The van der Waals surface area contributed by atoms with Gasteiger partial charge in [0.15, 0.2) is 0 Å². The number of anilines is 2. The topological polar surface area (TPSA) is 75.3 Å². The van der Waals surface area contributed by atoms with Crippen LogP contribution in [0.3, 0.4) is 0 Å². The van der Waals surface area contributed by atoms with Gasteiger partial charge in [0.2, 0.25) is 0 Å². The molecule has 4 nitrogen and oxygen atoms in total. The molecule has 0 aliphatic heterocycles. The van der Waals surface area contributed by atoms with Crippen LogP contribution in [0.2, 0.25) is 0 Å². The molecule has 0 aliphatic rings. The number of nitrogens with two attached hydrogens (primary N) is 1. The third-order valence-corrected chi connectivity index (χ3v) is 2.46. The van der Waals surface area contributed by atoms with Gasteiger partial charge < -0.3 is 16.2 Å². The highest BCUT2D eigenvalue weighted by atomic mass is 19.1. The fourth-order valence-electron chi connectivity index (χ4n) is 1.53. The number of hydrogen-bond acceptors (Lipinski definition) is 3. The molecule has 4 N–H and O–H groups in total. The lowest BCUT2D eigenvalue weighted by Crippen LogP contribution is -2.15. The fourth-order valence-corrected chi connectivity index (χ4v) is 1.53. The maximum Gasteiger partial charge on any atom is 0.258 e. The molecule has 2 aromatic rings. The molecule has 6 heteroatoms. The number of aromatic hydroxyl groups is 1. The lowest BCUT2D eigenvalue weighted by Gasteiger charge is -2.09. The van der Waals surface area contributed by atoms with Gasteiger partial charge in [-0.1, -0.05) is 0 Å². The first-order valence-electron chi connectivity index (χ1n) is 5.32. The summed E-state index contributed by atoms with van der Waals surface area (Å²) in [6, 6.07) is 6.59. The van der Waals surface area contributed by atoms with E-state index in [-0.39, 0.29) is 22.7 Å². The molecule has 0 bridgehead atoms. The number of carbonyl (C=O) groups excluding carboxylic acids is 1. The molecule has 2 aromatic carbocycles.